The predicted molar refractivity (Wildman–Crippen MR) is 106 cm³/mol. The molecule has 1 fully saturated rings. The zero-order valence-corrected chi connectivity index (χ0v) is 16.4. The van der Waals surface area contributed by atoms with Crippen molar-refractivity contribution in [3.63, 3.8) is 0 Å². The van der Waals surface area contributed by atoms with Crippen molar-refractivity contribution < 1.29 is 14.3 Å². The number of thioether (sulfide) groups is 1. The number of aromatic nitrogens is 2. The number of rotatable bonds is 5. The van der Waals surface area contributed by atoms with Gasteiger partial charge in [-0.1, -0.05) is 30.5 Å². The van der Waals surface area contributed by atoms with Crippen LogP contribution in [0.5, 0.6) is 0 Å². The summed E-state index contributed by atoms with van der Waals surface area (Å²) in [6, 6.07) is -0.108. The normalized spacial score (nSPS) is 20.2. The highest BCUT2D eigenvalue weighted by Gasteiger charge is 2.35. The lowest BCUT2D eigenvalue weighted by Gasteiger charge is -2.21. The minimum absolute atomic E-state index is 0.0626. The Morgan fingerprint density at radius 3 is 3.08 bits per heavy atom. The lowest BCUT2D eigenvalue weighted by molar-refractivity contribution is -0.109. The van der Waals surface area contributed by atoms with E-state index in [0.717, 1.165) is 22.8 Å². The first-order chi connectivity index (χ1) is 12.5. The topological polar surface area (TPSA) is 63.9 Å². The second kappa shape index (κ2) is 8.09. The van der Waals surface area contributed by atoms with Crippen molar-refractivity contribution in [2.24, 2.45) is 0 Å². The molecule has 3 heterocycles. The van der Waals surface area contributed by atoms with Crippen LogP contribution in [0.4, 0.5) is 4.79 Å². The summed E-state index contributed by atoms with van der Waals surface area (Å²) in [7, 11) is 0. The SMILES string of the molecule is C=CCOC(=O)N1C[C@@H](SC(C)=O)C[C@H]1C=Cc1csc2cnc(C)n12. The van der Waals surface area contributed by atoms with E-state index >= 15 is 0 Å². The van der Waals surface area contributed by atoms with Crippen molar-refractivity contribution in [2.75, 3.05) is 13.2 Å². The van der Waals surface area contributed by atoms with Crippen LogP contribution < -0.4 is 0 Å². The summed E-state index contributed by atoms with van der Waals surface area (Å²) in [6.45, 7) is 7.76. The summed E-state index contributed by atoms with van der Waals surface area (Å²) in [5.41, 5.74) is 1.03. The zero-order chi connectivity index (χ0) is 18.7. The molecule has 0 N–H and O–H groups in total. The summed E-state index contributed by atoms with van der Waals surface area (Å²) in [6.07, 6.45) is 7.77. The number of fused-ring (bicyclic) bond motifs is 1. The Morgan fingerprint density at radius 1 is 1.54 bits per heavy atom. The van der Waals surface area contributed by atoms with Crippen LogP contribution in [0.1, 0.15) is 24.9 Å². The molecule has 138 valence electrons. The first-order valence-electron chi connectivity index (χ1n) is 8.31. The molecule has 0 radical (unpaired) electrons. The van der Waals surface area contributed by atoms with Gasteiger partial charge in [0.15, 0.2) is 5.12 Å². The molecule has 1 aliphatic rings. The quantitative estimate of drug-likeness (QED) is 0.726. The Balaban J connectivity index is 1.79. The number of carbonyl (C=O) groups is 2. The van der Waals surface area contributed by atoms with Crippen LogP contribution >= 0.6 is 23.1 Å². The molecule has 2 aromatic heterocycles. The average Bonchev–Trinajstić information content (AvgIpc) is 3.27. The average molecular weight is 392 g/mol. The maximum Gasteiger partial charge on any atom is 0.410 e. The van der Waals surface area contributed by atoms with E-state index in [1.807, 2.05) is 25.3 Å². The molecule has 2 atom stereocenters. The third-order valence-corrected chi connectivity index (χ3v) is 6.05. The van der Waals surface area contributed by atoms with E-state index in [1.165, 1.54) is 11.8 Å². The number of thiazole rings is 1. The van der Waals surface area contributed by atoms with Crippen LogP contribution in [0.25, 0.3) is 10.9 Å². The lowest BCUT2D eigenvalue weighted by Crippen LogP contribution is -2.35. The van der Waals surface area contributed by atoms with Gasteiger partial charge in [0.2, 0.25) is 0 Å². The Bertz CT molecular complexity index is 855. The highest BCUT2D eigenvalue weighted by molar-refractivity contribution is 8.14. The van der Waals surface area contributed by atoms with Crippen LogP contribution in [0, 0.1) is 6.92 Å². The third kappa shape index (κ3) is 4.02. The van der Waals surface area contributed by atoms with Gasteiger partial charge in [-0.05, 0) is 19.4 Å². The number of ether oxygens (including phenoxy) is 1. The van der Waals surface area contributed by atoms with Gasteiger partial charge >= 0.3 is 6.09 Å². The van der Waals surface area contributed by atoms with E-state index in [9.17, 15) is 9.59 Å². The number of aryl methyl sites for hydroxylation is 1. The fraction of sp³-hybridized carbons (Fsp3) is 0.389. The van der Waals surface area contributed by atoms with Crippen molar-refractivity contribution in [1.29, 1.82) is 0 Å². The highest BCUT2D eigenvalue weighted by atomic mass is 32.2. The molecule has 0 spiro atoms. The number of amides is 1. The molecule has 0 aliphatic carbocycles. The standard InChI is InChI=1S/C18H21N3O3S2/c1-4-7-24-18(23)20-10-16(26-13(3)22)8-14(20)5-6-15-11-25-17-9-19-12(2)21(15)17/h4-6,9,11,14,16H,1,7-8,10H2,2-3H3/t14-,16+/m1/s1. The smallest absolute Gasteiger partial charge is 0.410 e. The van der Waals surface area contributed by atoms with E-state index in [1.54, 1.807) is 29.2 Å². The van der Waals surface area contributed by atoms with E-state index in [-0.39, 0.29) is 29.1 Å². The number of likely N-dealkylation sites (tertiary alicyclic amines) is 1. The van der Waals surface area contributed by atoms with Gasteiger partial charge in [-0.15, -0.1) is 11.3 Å². The molecular weight excluding hydrogens is 370 g/mol. The predicted octanol–water partition coefficient (Wildman–Crippen LogP) is 3.76. The summed E-state index contributed by atoms with van der Waals surface area (Å²) in [4.78, 5) is 30.9. The largest absolute Gasteiger partial charge is 0.445 e. The summed E-state index contributed by atoms with van der Waals surface area (Å²) in [5, 5.41) is 2.21. The molecule has 0 saturated carbocycles. The molecule has 3 rings (SSSR count). The second-order valence-electron chi connectivity index (χ2n) is 6.05. The lowest BCUT2D eigenvalue weighted by atomic mass is 10.2. The molecule has 1 saturated heterocycles. The van der Waals surface area contributed by atoms with Crippen LogP contribution in [0.3, 0.4) is 0 Å². The van der Waals surface area contributed by atoms with Gasteiger partial charge in [-0.2, -0.15) is 0 Å². The number of carbonyl (C=O) groups excluding carboxylic acids is 2. The monoisotopic (exact) mass is 391 g/mol. The van der Waals surface area contributed by atoms with Crippen LogP contribution in [0.2, 0.25) is 0 Å². The number of nitrogens with zero attached hydrogens (tertiary/aromatic N) is 3. The van der Waals surface area contributed by atoms with E-state index in [0.29, 0.717) is 6.54 Å². The summed E-state index contributed by atoms with van der Waals surface area (Å²) >= 11 is 2.91. The van der Waals surface area contributed by atoms with Crippen LogP contribution in [0.15, 0.2) is 30.3 Å². The van der Waals surface area contributed by atoms with Crippen molar-refractivity contribution in [2.45, 2.75) is 31.6 Å². The first-order valence-corrected chi connectivity index (χ1v) is 10.1. The Labute approximate surface area is 160 Å². The van der Waals surface area contributed by atoms with Gasteiger partial charge in [-0.25, -0.2) is 9.78 Å². The van der Waals surface area contributed by atoms with Crippen molar-refractivity contribution in [3.8, 4) is 0 Å². The maximum atomic E-state index is 12.3. The van der Waals surface area contributed by atoms with E-state index < -0.39 is 0 Å². The molecule has 6 nitrogen and oxygen atoms in total. The van der Waals surface area contributed by atoms with Crippen LogP contribution in [-0.2, 0) is 9.53 Å². The molecule has 0 bridgehead atoms. The molecular formula is C18H21N3O3S2. The number of imidazole rings is 1. The van der Waals surface area contributed by atoms with Gasteiger partial charge in [-0.3, -0.25) is 9.20 Å². The minimum Gasteiger partial charge on any atom is -0.445 e. The second-order valence-corrected chi connectivity index (χ2v) is 8.42. The van der Waals surface area contributed by atoms with Gasteiger partial charge in [0.05, 0.1) is 17.9 Å². The zero-order valence-electron chi connectivity index (χ0n) is 14.8. The van der Waals surface area contributed by atoms with Gasteiger partial charge < -0.3 is 9.64 Å². The van der Waals surface area contributed by atoms with E-state index in [4.69, 9.17) is 4.74 Å². The molecule has 2 aromatic rings. The summed E-state index contributed by atoms with van der Waals surface area (Å²) < 4.78 is 7.28. The molecule has 1 aliphatic heterocycles. The number of hydrogen-bond acceptors (Lipinski definition) is 6. The molecule has 1 amide bonds. The molecule has 0 aromatic carbocycles. The van der Waals surface area contributed by atoms with Crippen molar-refractivity contribution >= 4 is 45.2 Å². The highest BCUT2D eigenvalue weighted by Crippen LogP contribution is 2.30. The fourth-order valence-electron chi connectivity index (χ4n) is 3.07. The molecule has 8 heteroatoms. The Kier molecular flexibility index (Phi) is 5.83. The minimum atomic E-state index is -0.375. The molecule has 26 heavy (non-hydrogen) atoms. The van der Waals surface area contributed by atoms with Gasteiger partial charge in [0.25, 0.3) is 0 Å². The van der Waals surface area contributed by atoms with Crippen molar-refractivity contribution in [3.05, 3.63) is 41.8 Å². The van der Waals surface area contributed by atoms with E-state index in [2.05, 4.69) is 21.3 Å². The van der Waals surface area contributed by atoms with Gasteiger partial charge in [0.1, 0.15) is 17.3 Å². The first kappa shape index (κ1) is 18.7. The summed E-state index contributed by atoms with van der Waals surface area (Å²) in [5.74, 6) is 0.930. The fourth-order valence-corrected chi connectivity index (χ4v) is 4.95. The maximum absolute atomic E-state index is 12.3. The van der Waals surface area contributed by atoms with Gasteiger partial charge in [0, 0.05) is 24.1 Å². The molecule has 0 unspecified atom stereocenters. The third-order valence-electron chi connectivity index (χ3n) is 4.15. The Morgan fingerprint density at radius 2 is 2.35 bits per heavy atom. The number of hydrogen-bond donors (Lipinski definition) is 0. The Hall–Kier alpha value is -2.06. The van der Waals surface area contributed by atoms with Crippen LogP contribution in [-0.4, -0.2) is 49.9 Å². The van der Waals surface area contributed by atoms with Crippen molar-refractivity contribution in [1.82, 2.24) is 14.3 Å².